The monoisotopic (exact) mass is 266 g/mol. The fourth-order valence-corrected chi connectivity index (χ4v) is 2.07. The number of nitriles is 1. The Kier molecular flexibility index (Phi) is 4.39. The second-order valence-corrected chi connectivity index (χ2v) is 4.87. The van der Waals surface area contributed by atoms with Crippen molar-refractivity contribution in [1.29, 1.82) is 5.26 Å². The molecule has 3 heteroatoms. The van der Waals surface area contributed by atoms with Gasteiger partial charge in [0.1, 0.15) is 12.4 Å². The highest BCUT2D eigenvalue weighted by molar-refractivity contribution is 5.39. The zero-order chi connectivity index (χ0) is 14.5. The van der Waals surface area contributed by atoms with Gasteiger partial charge in [0.05, 0.1) is 11.6 Å². The Bertz CT molecular complexity index is 642. The number of ether oxygens (including phenoxy) is 1. The second-order valence-electron chi connectivity index (χ2n) is 4.87. The smallest absolute Gasteiger partial charge is 0.124 e. The van der Waals surface area contributed by atoms with Gasteiger partial charge in [0.2, 0.25) is 0 Å². The third-order valence-corrected chi connectivity index (χ3v) is 3.26. The number of hydrogen-bond donors (Lipinski definition) is 1. The quantitative estimate of drug-likeness (QED) is 0.921. The lowest BCUT2D eigenvalue weighted by Crippen LogP contribution is -2.08. The van der Waals surface area contributed by atoms with E-state index >= 15 is 0 Å². The fourth-order valence-electron chi connectivity index (χ4n) is 2.07. The van der Waals surface area contributed by atoms with Crippen molar-refractivity contribution in [1.82, 2.24) is 0 Å². The van der Waals surface area contributed by atoms with Crippen molar-refractivity contribution < 1.29 is 4.74 Å². The summed E-state index contributed by atoms with van der Waals surface area (Å²) in [6, 6.07) is 15.5. The molecular formula is C17H18N2O. The van der Waals surface area contributed by atoms with Crippen LogP contribution in [0, 0.1) is 18.3 Å². The summed E-state index contributed by atoms with van der Waals surface area (Å²) in [5, 5.41) is 8.86. The van der Waals surface area contributed by atoms with Crippen molar-refractivity contribution in [3.05, 3.63) is 64.7 Å². The van der Waals surface area contributed by atoms with E-state index in [4.69, 9.17) is 15.7 Å². The minimum Gasteiger partial charge on any atom is -0.489 e. The maximum absolute atomic E-state index is 8.86. The molecule has 2 aromatic rings. The van der Waals surface area contributed by atoms with E-state index in [1.165, 1.54) is 0 Å². The van der Waals surface area contributed by atoms with E-state index in [1.54, 1.807) is 0 Å². The van der Waals surface area contributed by atoms with Gasteiger partial charge in [0.25, 0.3) is 0 Å². The van der Waals surface area contributed by atoms with Crippen LogP contribution in [-0.2, 0) is 6.61 Å². The van der Waals surface area contributed by atoms with Crippen molar-refractivity contribution in [2.75, 3.05) is 0 Å². The molecule has 0 fully saturated rings. The van der Waals surface area contributed by atoms with Gasteiger partial charge in [-0.3, -0.25) is 0 Å². The highest BCUT2D eigenvalue weighted by Crippen LogP contribution is 2.24. The Morgan fingerprint density at radius 2 is 2.00 bits per heavy atom. The lowest BCUT2D eigenvalue weighted by Gasteiger charge is -2.14. The minimum absolute atomic E-state index is 0.0618. The van der Waals surface area contributed by atoms with Gasteiger partial charge >= 0.3 is 0 Å². The Labute approximate surface area is 119 Å². The highest BCUT2D eigenvalue weighted by Gasteiger charge is 2.08. The maximum Gasteiger partial charge on any atom is 0.124 e. The fraction of sp³-hybridized carbons (Fsp3) is 0.235. The van der Waals surface area contributed by atoms with E-state index < -0.39 is 0 Å². The predicted molar refractivity (Wildman–Crippen MR) is 79.3 cm³/mol. The van der Waals surface area contributed by atoms with E-state index in [-0.39, 0.29) is 6.04 Å². The third kappa shape index (κ3) is 3.17. The molecule has 0 amide bonds. The Balaban J connectivity index is 2.15. The second kappa shape index (κ2) is 6.23. The molecule has 0 saturated carbocycles. The Morgan fingerprint density at radius 1 is 1.25 bits per heavy atom. The molecular weight excluding hydrogens is 248 g/mol. The van der Waals surface area contributed by atoms with Crippen molar-refractivity contribution in [2.24, 2.45) is 5.73 Å². The molecule has 0 aliphatic rings. The first-order chi connectivity index (χ1) is 9.61. The Morgan fingerprint density at radius 3 is 2.65 bits per heavy atom. The van der Waals surface area contributed by atoms with Gasteiger partial charge in [-0.15, -0.1) is 0 Å². The summed E-state index contributed by atoms with van der Waals surface area (Å²) in [5.41, 5.74) is 9.73. The average molecular weight is 266 g/mol. The van der Waals surface area contributed by atoms with Crippen molar-refractivity contribution in [3.8, 4) is 11.8 Å². The largest absolute Gasteiger partial charge is 0.489 e. The van der Waals surface area contributed by atoms with Gasteiger partial charge in [-0.05, 0) is 43.2 Å². The van der Waals surface area contributed by atoms with Crippen LogP contribution in [0.4, 0.5) is 0 Å². The van der Waals surface area contributed by atoms with Crippen LogP contribution in [0.1, 0.15) is 35.2 Å². The normalized spacial score (nSPS) is 11.7. The van der Waals surface area contributed by atoms with Crippen LogP contribution < -0.4 is 10.5 Å². The molecule has 0 saturated heterocycles. The number of hydrogen-bond acceptors (Lipinski definition) is 3. The molecule has 0 spiro atoms. The zero-order valence-electron chi connectivity index (χ0n) is 11.8. The predicted octanol–water partition coefficient (Wildman–Crippen LogP) is 3.47. The summed E-state index contributed by atoms with van der Waals surface area (Å²) in [6.45, 7) is 4.40. The van der Waals surface area contributed by atoms with Crippen LogP contribution in [0.15, 0.2) is 42.5 Å². The van der Waals surface area contributed by atoms with E-state index in [1.807, 2.05) is 56.3 Å². The standard InChI is InChI=1S/C17H18N2O/c1-12-9-14(10-18)7-8-15(12)11-20-17-6-4-3-5-16(17)13(2)19/h3-9,13H,11,19H2,1-2H3/t13-/m1/s1. The number of para-hydroxylation sites is 1. The summed E-state index contributed by atoms with van der Waals surface area (Å²) in [4.78, 5) is 0. The molecule has 0 aromatic heterocycles. The van der Waals surface area contributed by atoms with Crippen LogP contribution in [-0.4, -0.2) is 0 Å². The van der Waals surface area contributed by atoms with Crippen LogP contribution in [0.5, 0.6) is 5.75 Å². The molecule has 102 valence electrons. The first-order valence-electron chi connectivity index (χ1n) is 6.58. The van der Waals surface area contributed by atoms with Gasteiger partial charge < -0.3 is 10.5 Å². The molecule has 2 N–H and O–H groups in total. The molecule has 0 bridgehead atoms. The van der Waals surface area contributed by atoms with E-state index in [9.17, 15) is 0 Å². The van der Waals surface area contributed by atoms with Gasteiger partial charge in [-0.1, -0.05) is 24.3 Å². The average Bonchev–Trinajstić information content (AvgIpc) is 2.46. The number of nitrogens with two attached hydrogens (primary N) is 1. The molecule has 2 rings (SSSR count). The Hall–Kier alpha value is -2.31. The first-order valence-corrected chi connectivity index (χ1v) is 6.58. The van der Waals surface area contributed by atoms with E-state index in [2.05, 4.69) is 6.07 Å². The van der Waals surface area contributed by atoms with Gasteiger partial charge in [-0.2, -0.15) is 5.26 Å². The first kappa shape index (κ1) is 14.1. The van der Waals surface area contributed by atoms with Crippen molar-refractivity contribution in [2.45, 2.75) is 26.5 Å². The van der Waals surface area contributed by atoms with E-state index in [0.29, 0.717) is 12.2 Å². The minimum atomic E-state index is -0.0618. The number of benzene rings is 2. The lowest BCUT2D eigenvalue weighted by molar-refractivity contribution is 0.300. The molecule has 2 aromatic carbocycles. The summed E-state index contributed by atoms with van der Waals surface area (Å²) < 4.78 is 5.88. The topological polar surface area (TPSA) is 59.0 Å². The van der Waals surface area contributed by atoms with Crippen LogP contribution in [0.2, 0.25) is 0 Å². The molecule has 0 heterocycles. The molecule has 20 heavy (non-hydrogen) atoms. The summed E-state index contributed by atoms with van der Waals surface area (Å²) in [5.74, 6) is 0.811. The van der Waals surface area contributed by atoms with Gasteiger partial charge in [0.15, 0.2) is 0 Å². The van der Waals surface area contributed by atoms with Crippen LogP contribution in [0.3, 0.4) is 0 Å². The molecule has 3 nitrogen and oxygen atoms in total. The summed E-state index contributed by atoms with van der Waals surface area (Å²) >= 11 is 0. The van der Waals surface area contributed by atoms with Crippen molar-refractivity contribution in [3.63, 3.8) is 0 Å². The molecule has 1 atom stereocenters. The molecule has 0 unspecified atom stereocenters. The highest BCUT2D eigenvalue weighted by atomic mass is 16.5. The molecule has 0 aliphatic carbocycles. The van der Waals surface area contributed by atoms with Crippen molar-refractivity contribution >= 4 is 0 Å². The van der Waals surface area contributed by atoms with Gasteiger partial charge in [-0.25, -0.2) is 0 Å². The van der Waals surface area contributed by atoms with Crippen LogP contribution in [0.25, 0.3) is 0 Å². The van der Waals surface area contributed by atoms with E-state index in [0.717, 1.165) is 22.4 Å². The number of rotatable bonds is 4. The molecule has 0 radical (unpaired) electrons. The van der Waals surface area contributed by atoms with Gasteiger partial charge in [0, 0.05) is 11.6 Å². The number of aryl methyl sites for hydroxylation is 1. The zero-order valence-corrected chi connectivity index (χ0v) is 11.8. The maximum atomic E-state index is 8.86. The summed E-state index contributed by atoms with van der Waals surface area (Å²) in [7, 11) is 0. The lowest BCUT2D eigenvalue weighted by atomic mass is 10.1. The van der Waals surface area contributed by atoms with Crippen LogP contribution >= 0.6 is 0 Å². The molecule has 0 aliphatic heterocycles. The summed E-state index contributed by atoms with van der Waals surface area (Å²) in [6.07, 6.45) is 0. The third-order valence-electron chi connectivity index (χ3n) is 3.26. The SMILES string of the molecule is Cc1cc(C#N)ccc1COc1ccccc1[C@@H](C)N. The number of nitrogens with zero attached hydrogens (tertiary/aromatic N) is 1.